The van der Waals surface area contributed by atoms with Crippen molar-refractivity contribution in [3.63, 3.8) is 0 Å². The van der Waals surface area contributed by atoms with Crippen LogP contribution in [0.3, 0.4) is 0 Å². The molecule has 1 heterocycles. The highest BCUT2D eigenvalue weighted by Gasteiger charge is 2.08. The van der Waals surface area contributed by atoms with Gasteiger partial charge in [-0.15, -0.1) is 0 Å². The van der Waals surface area contributed by atoms with Gasteiger partial charge in [0, 0.05) is 18.1 Å². The number of carbonyl (C=O) groups excluding carboxylic acids is 1. The van der Waals surface area contributed by atoms with Gasteiger partial charge in [0.15, 0.2) is 0 Å². The summed E-state index contributed by atoms with van der Waals surface area (Å²) in [4.78, 5) is 16.0. The molecule has 1 amide bonds. The smallest absolute Gasteiger partial charge is 0.228 e. The number of amides is 1. The summed E-state index contributed by atoms with van der Waals surface area (Å²) in [7, 11) is 0. The summed E-state index contributed by atoms with van der Waals surface area (Å²) in [5, 5.41) is 2.99. The number of aryl methyl sites for hydroxylation is 3. The van der Waals surface area contributed by atoms with Gasteiger partial charge in [0.25, 0.3) is 0 Å². The first-order valence-corrected chi connectivity index (χ1v) is 6.33. The van der Waals surface area contributed by atoms with E-state index in [4.69, 9.17) is 0 Å². The Kier molecular flexibility index (Phi) is 3.95. The number of anilines is 1. The molecule has 1 N–H and O–H groups in total. The van der Waals surface area contributed by atoms with Gasteiger partial charge in [-0.2, -0.15) is 0 Å². The second-order valence-corrected chi connectivity index (χ2v) is 4.86. The fraction of sp³-hybridized carbons (Fsp3) is 0.250. The molecule has 1 aromatic carbocycles. The van der Waals surface area contributed by atoms with Crippen LogP contribution in [0.2, 0.25) is 0 Å². The molecule has 0 saturated heterocycles. The molecular formula is C16H18N2O. The third kappa shape index (κ3) is 3.41. The molecule has 3 heteroatoms. The molecule has 1 aromatic heterocycles. The standard InChI is InChI=1S/C16H18N2O/c1-11-7-12(2)16(13(3)8-11)18-15(19)9-14-5-4-6-17-10-14/h4-8,10H,9H2,1-3H3,(H,18,19). The van der Waals surface area contributed by atoms with Crippen molar-refractivity contribution in [2.45, 2.75) is 27.2 Å². The Labute approximate surface area is 113 Å². The van der Waals surface area contributed by atoms with Crippen LogP contribution in [0, 0.1) is 20.8 Å². The average Bonchev–Trinajstić information content (AvgIpc) is 2.35. The molecule has 3 nitrogen and oxygen atoms in total. The molecule has 0 aliphatic heterocycles. The molecule has 0 radical (unpaired) electrons. The lowest BCUT2D eigenvalue weighted by molar-refractivity contribution is -0.115. The minimum absolute atomic E-state index is 0.0111. The first kappa shape index (κ1) is 13.3. The first-order valence-electron chi connectivity index (χ1n) is 6.33. The lowest BCUT2D eigenvalue weighted by Crippen LogP contribution is -2.16. The second kappa shape index (κ2) is 5.65. The molecule has 2 aromatic rings. The van der Waals surface area contributed by atoms with Gasteiger partial charge < -0.3 is 5.32 Å². The maximum atomic E-state index is 12.0. The highest BCUT2D eigenvalue weighted by atomic mass is 16.1. The molecule has 0 aliphatic rings. The topological polar surface area (TPSA) is 42.0 Å². The number of pyridine rings is 1. The number of benzene rings is 1. The lowest BCUT2D eigenvalue weighted by Gasteiger charge is -2.12. The molecule has 0 aliphatic carbocycles. The van der Waals surface area contributed by atoms with E-state index in [0.29, 0.717) is 6.42 Å². The van der Waals surface area contributed by atoms with E-state index in [0.717, 1.165) is 22.4 Å². The number of carbonyl (C=O) groups is 1. The molecule has 19 heavy (non-hydrogen) atoms. The Balaban J connectivity index is 2.12. The summed E-state index contributed by atoms with van der Waals surface area (Å²) >= 11 is 0. The van der Waals surface area contributed by atoms with Crippen LogP contribution in [-0.4, -0.2) is 10.9 Å². The van der Waals surface area contributed by atoms with E-state index in [9.17, 15) is 4.79 Å². The predicted molar refractivity (Wildman–Crippen MR) is 77.2 cm³/mol. The van der Waals surface area contributed by atoms with E-state index in [1.54, 1.807) is 12.4 Å². The van der Waals surface area contributed by atoms with Gasteiger partial charge in [0.1, 0.15) is 0 Å². The summed E-state index contributed by atoms with van der Waals surface area (Å²) in [6.07, 6.45) is 3.77. The summed E-state index contributed by atoms with van der Waals surface area (Å²) in [5.74, 6) is -0.0111. The average molecular weight is 254 g/mol. The Morgan fingerprint density at radius 3 is 2.47 bits per heavy atom. The van der Waals surface area contributed by atoms with Gasteiger partial charge in [-0.05, 0) is 43.5 Å². The SMILES string of the molecule is Cc1cc(C)c(NC(=O)Cc2cccnc2)c(C)c1. The highest BCUT2D eigenvalue weighted by molar-refractivity contribution is 5.93. The minimum atomic E-state index is -0.0111. The van der Waals surface area contributed by atoms with Crippen LogP contribution < -0.4 is 5.32 Å². The van der Waals surface area contributed by atoms with Crippen molar-refractivity contribution in [1.82, 2.24) is 4.98 Å². The zero-order chi connectivity index (χ0) is 13.8. The van der Waals surface area contributed by atoms with E-state index in [2.05, 4.69) is 29.4 Å². The van der Waals surface area contributed by atoms with Crippen molar-refractivity contribution in [3.05, 3.63) is 58.9 Å². The number of aromatic nitrogens is 1. The fourth-order valence-electron chi connectivity index (χ4n) is 2.25. The van der Waals surface area contributed by atoms with Gasteiger partial charge in [-0.3, -0.25) is 9.78 Å². The largest absolute Gasteiger partial charge is 0.325 e. The van der Waals surface area contributed by atoms with Crippen molar-refractivity contribution in [3.8, 4) is 0 Å². The van der Waals surface area contributed by atoms with Gasteiger partial charge in [0.2, 0.25) is 5.91 Å². The van der Waals surface area contributed by atoms with Crippen LogP contribution in [-0.2, 0) is 11.2 Å². The van der Waals surface area contributed by atoms with E-state index < -0.39 is 0 Å². The monoisotopic (exact) mass is 254 g/mol. The third-order valence-electron chi connectivity index (χ3n) is 3.03. The third-order valence-corrected chi connectivity index (χ3v) is 3.03. The lowest BCUT2D eigenvalue weighted by atomic mass is 10.0. The zero-order valence-corrected chi connectivity index (χ0v) is 11.5. The quantitative estimate of drug-likeness (QED) is 0.914. The molecule has 0 bridgehead atoms. The summed E-state index contributed by atoms with van der Waals surface area (Å²) in [5.41, 5.74) is 5.23. The zero-order valence-electron chi connectivity index (χ0n) is 11.5. The Morgan fingerprint density at radius 2 is 1.89 bits per heavy atom. The van der Waals surface area contributed by atoms with E-state index in [-0.39, 0.29) is 5.91 Å². The maximum Gasteiger partial charge on any atom is 0.228 e. The van der Waals surface area contributed by atoms with Crippen LogP contribution in [0.15, 0.2) is 36.7 Å². The molecule has 0 spiro atoms. The summed E-state index contributed by atoms with van der Waals surface area (Å²) < 4.78 is 0. The summed E-state index contributed by atoms with van der Waals surface area (Å²) in [6.45, 7) is 6.08. The Hall–Kier alpha value is -2.16. The maximum absolute atomic E-state index is 12.0. The molecule has 0 atom stereocenters. The minimum Gasteiger partial charge on any atom is -0.325 e. The number of hydrogen-bond donors (Lipinski definition) is 1. The number of hydrogen-bond acceptors (Lipinski definition) is 2. The van der Waals surface area contributed by atoms with Crippen LogP contribution in [0.5, 0.6) is 0 Å². The molecule has 98 valence electrons. The Morgan fingerprint density at radius 1 is 1.21 bits per heavy atom. The van der Waals surface area contributed by atoms with Gasteiger partial charge in [-0.25, -0.2) is 0 Å². The van der Waals surface area contributed by atoms with Crippen molar-refractivity contribution in [2.75, 3.05) is 5.32 Å². The molecule has 0 fully saturated rings. The Bertz CT molecular complexity index is 568. The first-order chi connectivity index (χ1) is 9.06. The van der Waals surface area contributed by atoms with E-state index in [1.807, 2.05) is 26.0 Å². The highest BCUT2D eigenvalue weighted by Crippen LogP contribution is 2.22. The van der Waals surface area contributed by atoms with Crippen molar-refractivity contribution in [1.29, 1.82) is 0 Å². The van der Waals surface area contributed by atoms with Gasteiger partial charge in [-0.1, -0.05) is 23.8 Å². The number of nitrogens with zero attached hydrogens (tertiary/aromatic N) is 1. The molecular weight excluding hydrogens is 236 g/mol. The van der Waals surface area contributed by atoms with E-state index >= 15 is 0 Å². The van der Waals surface area contributed by atoms with Gasteiger partial charge in [0.05, 0.1) is 6.42 Å². The predicted octanol–water partition coefficient (Wildman–Crippen LogP) is 3.19. The van der Waals surface area contributed by atoms with Crippen LogP contribution in [0.4, 0.5) is 5.69 Å². The number of nitrogens with one attached hydrogen (secondary N) is 1. The normalized spacial score (nSPS) is 10.3. The molecule has 2 rings (SSSR count). The summed E-state index contributed by atoms with van der Waals surface area (Å²) in [6, 6.07) is 7.89. The van der Waals surface area contributed by atoms with Crippen molar-refractivity contribution < 1.29 is 4.79 Å². The van der Waals surface area contributed by atoms with Gasteiger partial charge >= 0.3 is 0 Å². The van der Waals surface area contributed by atoms with Crippen LogP contribution >= 0.6 is 0 Å². The second-order valence-electron chi connectivity index (χ2n) is 4.86. The number of rotatable bonds is 3. The van der Waals surface area contributed by atoms with Crippen molar-refractivity contribution in [2.24, 2.45) is 0 Å². The fourth-order valence-corrected chi connectivity index (χ4v) is 2.25. The molecule has 0 unspecified atom stereocenters. The van der Waals surface area contributed by atoms with Crippen molar-refractivity contribution >= 4 is 11.6 Å². The van der Waals surface area contributed by atoms with Crippen LogP contribution in [0.1, 0.15) is 22.3 Å². The van der Waals surface area contributed by atoms with Crippen LogP contribution in [0.25, 0.3) is 0 Å². The molecule has 0 saturated carbocycles. The van der Waals surface area contributed by atoms with E-state index in [1.165, 1.54) is 5.56 Å².